The molecule has 0 saturated carbocycles. The number of hydrogen-bond acceptors (Lipinski definition) is 5. The van der Waals surface area contributed by atoms with Crippen molar-refractivity contribution in [2.45, 2.75) is 6.92 Å². The van der Waals surface area contributed by atoms with E-state index in [4.69, 9.17) is 0 Å². The number of amides is 1. The molecule has 0 aliphatic carbocycles. The summed E-state index contributed by atoms with van der Waals surface area (Å²) >= 11 is 0. The van der Waals surface area contributed by atoms with Crippen molar-refractivity contribution in [1.29, 1.82) is 0 Å². The number of para-hydroxylation sites is 2. The van der Waals surface area contributed by atoms with Gasteiger partial charge in [0.1, 0.15) is 5.69 Å². The Morgan fingerprint density at radius 3 is 2.52 bits per heavy atom. The fourth-order valence-corrected chi connectivity index (χ4v) is 3.43. The Morgan fingerprint density at radius 2 is 1.91 bits per heavy atom. The highest BCUT2D eigenvalue weighted by Crippen LogP contribution is 2.29. The Balaban J connectivity index is 1.65. The Bertz CT molecular complexity index is 599. The van der Waals surface area contributed by atoms with Gasteiger partial charge in [-0.05, 0) is 18.5 Å². The van der Waals surface area contributed by atoms with Crippen LogP contribution in [0.1, 0.15) is 6.92 Å². The number of benzene rings is 1. The number of carbonyl (C=O) groups is 1. The van der Waals surface area contributed by atoms with Crippen LogP contribution >= 0.6 is 0 Å². The third-order valence-corrected chi connectivity index (χ3v) is 4.85. The van der Waals surface area contributed by atoms with Crippen LogP contribution in [0.3, 0.4) is 0 Å². The Hall–Kier alpha value is -2.15. The van der Waals surface area contributed by atoms with Crippen LogP contribution in [0.25, 0.3) is 0 Å². The van der Waals surface area contributed by atoms with Crippen LogP contribution in [-0.2, 0) is 4.79 Å². The Morgan fingerprint density at radius 1 is 1.22 bits per heavy atom. The van der Waals surface area contributed by atoms with E-state index < -0.39 is 0 Å². The van der Waals surface area contributed by atoms with E-state index in [-0.39, 0.29) is 22.4 Å². The minimum atomic E-state index is -0.348. The SMILES string of the molecule is C[C@@H]1CNC[C@H]1C(=O)N1CCN(c2ccccc2[N+](=O)[O-])CC1. The molecule has 2 atom stereocenters. The summed E-state index contributed by atoms with van der Waals surface area (Å²) in [4.78, 5) is 27.3. The summed E-state index contributed by atoms with van der Waals surface area (Å²) in [5.41, 5.74) is 0.765. The molecule has 7 nitrogen and oxygen atoms in total. The van der Waals surface area contributed by atoms with Crippen molar-refractivity contribution in [3.8, 4) is 0 Å². The van der Waals surface area contributed by atoms with Gasteiger partial charge in [-0.2, -0.15) is 0 Å². The molecule has 3 rings (SSSR count). The van der Waals surface area contributed by atoms with E-state index in [2.05, 4.69) is 12.2 Å². The van der Waals surface area contributed by atoms with E-state index in [1.165, 1.54) is 6.07 Å². The fourth-order valence-electron chi connectivity index (χ4n) is 3.43. The molecule has 124 valence electrons. The van der Waals surface area contributed by atoms with Crippen molar-refractivity contribution < 1.29 is 9.72 Å². The van der Waals surface area contributed by atoms with Gasteiger partial charge in [-0.15, -0.1) is 0 Å². The van der Waals surface area contributed by atoms with Gasteiger partial charge in [-0.25, -0.2) is 0 Å². The maximum absolute atomic E-state index is 12.6. The first-order valence-electron chi connectivity index (χ1n) is 8.06. The van der Waals surface area contributed by atoms with Crippen LogP contribution in [0, 0.1) is 22.0 Å². The first kappa shape index (κ1) is 15.7. The molecule has 2 heterocycles. The van der Waals surface area contributed by atoms with Crippen LogP contribution in [0.4, 0.5) is 11.4 Å². The molecule has 0 radical (unpaired) electrons. The van der Waals surface area contributed by atoms with Gasteiger partial charge < -0.3 is 15.1 Å². The number of nitro groups is 1. The van der Waals surface area contributed by atoms with Crippen molar-refractivity contribution in [1.82, 2.24) is 10.2 Å². The van der Waals surface area contributed by atoms with Crippen molar-refractivity contribution in [3.05, 3.63) is 34.4 Å². The van der Waals surface area contributed by atoms with Crippen molar-refractivity contribution in [2.24, 2.45) is 11.8 Å². The third kappa shape index (κ3) is 3.14. The predicted octanol–water partition coefficient (Wildman–Crippen LogP) is 1.10. The quantitative estimate of drug-likeness (QED) is 0.667. The van der Waals surface area contributed by atoms with E-state index >= 15 is 0 Å². The average Bonchev–Trinajstić information content (AvgIpc) is 3.00. The average molecular weight is 318 g/mol. The van der Waals surface area contributed by atoms with E-state index in [0.29, 0.717) is 37.8 Å². The van der Waals surface area contributed by atoms with Gasteiger partial charge in [-0.1, -0.05) is 19.1 Å². The van der Waals surface area contributed by atoms with Crippen LogP contribution < -0.4 is 10.2 Å². The van der Waals surface area contributed by atoms with Crippen LogP contribution in [0.15, 0.2) is 24.3 Å². The lowest BCUT2D eigenvalue weighted by atomic mass is 9.96. The summed E-state index contributed by atoms with van der Waals surface area (Å²) < 4.78 is 0. The molecule has 2 saturated heterocycles. The van der Waals surface area contributed by atoms with Crippen molar-refractivity contribution in [2.75, 3.05) is 44.2 Å². The number of carbonyl (C=O) groups excluding carboxylic acids is 1. The zero-order chi connectivity index (χ0) is 16.4. The molecule has 1 aromatic rings. The zero-order valence-corrected chi connectivity index (χ0v) is 13.3. The van der Waals surface area contributed by atoms with Gasteiger partial charge >= 0.3 is 0 Å². The highest BCUT2D eigenvalue weighted by molar-refractivity contribution is 5.80. The number of piperazine rings is 1. The van der Waals surface area contributed by atoms with Gasteiger partial charge in [0, 0.05) is 38.8 Å². The summed E-state index contributed by atoms with van der Waals surface area (Å²) in [6.07, 6.45) is 0. The highest BCUT2D eigenvalue weighted by atomic mass is 16.6. The molecule has 0 unspecified atom stereocenters. The number of hydrogen-bond donors (Lipinski definition) is 1. The topological polar surface area (TPSA) is 78.7 Å². The standard InChI is InChI=1S/C16H22N4O3/c1-12-10-17-11-13(12)16(21)19-8-6-18(7-9-19)14-4-2-3-5-15(14)20(22)23/h2-5,12-13,17H,6-11H2,1H3/t12-,13-/m1/s1. The summed E-state index contributed by atoms with van der Waals surface area (Å²) in [5, 5.41) is 14.4. The summed E-state index contributed by atoms with van der Waals surface area (Å²) in [6.45, 7) is 6.25. The lowest BCUT2D eigenvalue weighted by molar-refractivity contribution is -0.384. The molecular formula is C16H22N4O3. The first-order valence-corrected chi connectivity index (χ1v) is 8.06. The molecule has 0 bridgehead atoms. The summed E-state index contributed by atoms with van der Waals surface area (Å²) in [7, 11) is 0. The maximum Gasteiger partial charge on any atom is 0.292 e. The Labute approximate surface area is 135 Å². The zero-order valence-electron chi connectivity index (χ0n) is 13.3. The van der Waals surface area contributed by atoms with Crippen LogP contribution in [0.5, 0.6) is 0 Å². The van der Waals surface area contributed by atoms with E-state index in [1.807, 2.05) is 15.9 Å². The second-order valence-electron chi connectivity index (χ2n) is 6.30. The summed E-state index contributed by atoms with van der Waals surface area (Å²) in [5.74, 6) is 0.646. The van der Waals surface area contributed by atoms with Crippen molar-refractivity contribution >= 4 is 17.3 Å². The first-order chi connectivity index (χ1) is 11.1. The minimum Gasteiger partial charge on any atom is -0.362 e. The van der Waals surface area contributed by atoms with Gasteiger partial charge in [0.15, 0.2) is 0 Å². The maximum atomic E-state index is 12.6. The predicted molar refractivity (Wildman–Crippen MR) is 87.4 cm³/mol. The molecule has 1 N–H and O–H groups in total. The third-order valence-electron chi connectivity index (χ3n) is 4.85. The number of rotatable bonds is 3. The number of anilines is 1. The van der Waals surface area contributed by atoms with E-state index in [0.717, 1.165) is 13.1 Å². The normalized spacial score (nSPS) is 24.7. The van der Waals surface area contributed by atoms with Crippen LogP contribution in [-0.4, -0.2) is 55.0 Å². The molecule has 7 heteroatoms. The second kappa shape index (κ2) is 6.54. The van der Waals surface area contributed by atoms with Crippen molar-refractivity contribution in [3.63, 3.8) is 0 Å². The minimum absolute atomic E-state index is 0.0626. The Kier molecular flexibility index (Phi) is 4.47. The van der Waals surface area contributed by atoms with Gasteiger partial charge in [0.25, 0.3) is 5.69 Å². The van der Waals surface area contributed by atoms with Gasteiger partial charge in [0.2, 0.25) is 5.91 Å². The molecular weight excluding hydrogens is 296 g/mol. The molecule has 0 aromatic heterocycles. The number of nitrogens with zero attached hydrogens (tertiary/aromatic N) is 3. The molecule has 2 aliphatic rings. The monoisotopic (exact) mass is 318 g/mol. The lowest BCUT2D eigenvalue weighted by Crippen LogP contribution is -2.51. The van der Waals surface area contributed by atoms with E-state index in [1.54, 1.807) is 12.1 Å². The highest BCUT2D eigenvalue weighted by Gasteiger charge is 2.34. The smallest absolute Gasteiger partial charge is 0.292 e. The summed E-state index contributed by atoms with van der Waals surface area (Å²) in [6, 6.07) is 6.79. The van der Waals surface area contributed by atoms with Gasteiger partial charge in [0.05, 0.1) is 10.8 Å². The molecule has 2 aliphatic heterocycles. The lowest BCUT2D eigenvalue weighted by Gasteiger charge is -2.37. The molecule has 0 spiro atoms. The van der Waals surface area contributed by atoms with E-state index in [9.17, 15) is 14.9 Å². The van der Waals surface area contributed by atoms with Crippen LogP contribution in [0.2, 0.25) is 0 Å². The molecule has 1 aromatic carbocycles. The number of nitro benzene ring substituents is 1. The van der Waals surface area contributed by atoms with Gasteiger partial charge in [-0.3, -0.25) is 14.9 Å². The molecule has 2 fully saturated rings. The molecule has 1 amide bonds. The fraction of sp³-hybridized carbons (Fsp3) is 0.562. The number of nitrogens with one attached hydrogen (secondary N) is 1. The largest absolute Gasteiger partial charge is 0.362 e. The molecule has 23 heavy (non-hydrogen) atoms. The second-order valence-corrected chi connectivity index (χ2v) is 6.30.